The van der Waals surface area contributed by atoms with Gasteiger partial charge in [-0.25, -0.2) is 0 Å². The Labute approximate surface area is 204 Å². The van der Waals surface area contributed by atoms with Crippen LogP contribution in [0.15, 0.2) is 11.6 Å². The molecule has 6 atom stereocenters. The first kappa shape index (κ1) is 27.2. The van der Waals surface area contributed by atoms with Crippen molar-refractivity contribution in [2.24, 2.45) is 5.92 Å². The molecule has 0 bridgehead atoms. The zero-order chi connectivity index (χ0) is 24.8. The third kappa shape index (κ3) is 6.82. The van der Waals surface area contributed by atoms with Gasteiger partial charge in [0.25, 0.3) is 0 Å². The molecule has 34 heavy (non-hydrogen) atoms. The van der Waals surface area contributed by atoms with Crippen molar-refractivity contribution in [3.05, 3.63) is 11.6 Å². The van der Waals surface area contributed by atoms with E-state index in [9.17, 15) is 9.59 Å². The number of rotatable bonds is 14. The number of carbonyl (C=O) groups excluding carboxylic acids is 2. The predicted octanol–water partition coefficient (Wildman–Crippen LogP) is 4.90. The molecule has 3 fully saturated rings. The number of allylic oxidation sites excluding steroid dienone is 1. The number of hydrogen-bond acceptors (Lipinski definition) is 7. The van der Waals surface area contributed by atoms with Gasteiger partial charge in [-0.15, -0.1) is 0 Å². The SMILES string of the molecule is COC(=O)CCCCCCCCC(=O)O[C@@H]1CC[C@]2(CO2)C([C@@]2(C)O[C@@H]2CC=C(C)C)[C@@H]1OC. The van der Waals surface area contributed by atoms with Crippen LogP contribution in [-0.4, -0.2) is 62.3 Å². The summed E-state index contributed by atoms with van der Waals surface area (Å²) in [5.41, 5.74) is 0.767. The Balaban J connectivity index is 1.43. The van der Waals surface area contributed by atoms with Gasteiger partial charge in [0.05, 0.1) is 25.7 Å². The molecule has 3 aliphatic rings. The molecule has 7 nitrogen and oxygen atoms in total. The third-order valence-electron chi connectivity index (χ3n) is 7.76. The molecule has 1 unspecified atom stereocenters. The molecule has 0 radical (unpaired) electrons. The van der Waals surface area contributed by atoms with Gasteiger partial charge in [-0.2, -0.15) is 0 Å². The van der Waals surface area contributed by atoms with Crippen LogP contribution in [0.2, 0.25) is 0 Å². The number of esters is 2. The lowest BCUT2D eigenvalue weighted by atomic mass is 9.68. The van der Waals surface area contributed by atoms with Crippen molar-refractivity contribution in [1.82, 2.24) is 0 Å². The van der Waals surface area contributed by atoms with Crippen LogP contribution in [0.3, 0.4) is 0 Å². The van der Waals surface area contributed by atoms with Gasteiger partial charge in [-0.05, 0) is 52.9 Å². The Bertz CT molecular complexity index is 724. The lowest BCUT2D eigenvalue weighted by Gasteiger charge is -2.42. The fraction of sp³-hybridized carbons (Fsp3) is 0.852. The lowest BCUT2D eigenvalue weighted by Crippen LogP contribution is -2.55. The average Bonchev–Trinajstić information content (AvgIpc) is 3.72. The van der Waals surface area contributed by atoms with Crippen LogP contribution in [0, 0.1) is 5.92 Å². The van der Waals surface area contributed by atoms with Gasteiger partial charge in [-0.1, -0.05) is 37.3 Å². The number of hydrogen-bond donors (Lipinski definition) is 0. The molecule has 0 amide bonds. The molecule has 194 valence electrons. The summed E-state index contributed by atoms with van der Waals surface area (Å²) in [4.78, 5) is 23.7. The van der Waals surface area contributed by atoms with Gasteiger partial charge in [0, 0.05) is 20.0 Å². The summed E-state index contributed by atoms with van der Waals surface area (Å²) in [5.74, 6) is -0.240. The van der Waals surface area contributed by atoms with Gasteiger partial charge in [0.15, 0.2) is 0 Å². The molecule has 1 saturated carbocycles. The molecule has 7 heteroatoms. The van der Waals surface area contributed by atoms with Gasteiger partial charge >= 0.3 is 11.9 Å². The molecule has 2 heterocycles. The third-order valence-corrected chi connectivity index (χ3v) is 7.76. The van der Waals surface area contributed by atoms with E-state index in [2.05, 4.69) is 31.6 Å². The van der Waals surface area contributed by atoms with Gasteiger partial charge in [0.2, 0.25) is 0 Å². The number of methoxy groups -OCH3 is 2. The first-order chi connectivity index (χ1) is 16.3. The van der Waals surface area contributed by atoms with Crippen LogP contribution in [0.4, 0.5) is 0 Å². The average molecular weight is 481 g/mol. The maximum absolute atomic E-state index is 12.6. The van der Waals surface area contributed by atoms with Crippen LogP contribution in [-0.2, 0) is 33.3 Å². The van der Waals surface area contributed by atoms with E-state index in [0.717, 1.165) is 64.4 Å². The Morgan fingerprint density at radius 1 is 1.00 bits per heavy atom. The minimum atomic E-state index is -0.317. The highest BCUT2D eigenvalue weighted by atomic mass is 16.6. The van der Waals surface area contributed by atoms with Gasteiger partial charge in [0.1, 0.15) is 23.4 Å². The van der Waals surface area contributed by atoms with Crippen molar-refractivity contribution in [2.45, 2.75) is 121 Å². The molecule has 0 aromatic carbocycles. The highest BCUT2D eigenvalue weighted by molar-refractivity contribution is 5.69. The highest BCUT2D eigenvalue weighted by Gasteiger charge is 2.72. The number of ether oxygens (including phenoxy) is 5. The minimum absolute atomic E-state index is 0.0529. The van der Waals surface area contributed by atoms with E-state index >= 15 is 0 Å². The highest BCUT2D eigenvalue weighted by Crippen LogP contribution is 2.59. The zero-order valence-electron chi connectivity index (χ0n) is 21.7. The summed E-state index contributed by atoms with van der Waals surface area (Å²) in [5, 5.41) is 0. The smallest absolute Gasteiger partial charge is 0.306 e. The van der Waals surface area contributed by atoms with Crippen LogP contribution in [0.5, 0.6) is 0 Å². The van der Waals surface area contributed by atoms with Crippen molar-refractivity contribution in [3.63, 3.8) is 0 Å². The lowest BCUT2D eigenvalue weighted by molar-refractivity contribution is -0.172. The molecule has 1 spiro atoms. The Morgan fingerprint density at radius 2 is 1.62 bits per heavy atom. The molecule has 2 aliphatic heterocycles. The fourth-order valence-electron chi connectivity index (χ4n) is 5.65. The maximum atomic E-state index is 12.6. The Kier molecular flexibility index (Phi) is 9.58. The molecule has 0 aromatic rings. The van der Waals surface area contributed by atoms with Crippen molar-refractivity contribution in [1.29, 1.82) is 0 Å². The van der Waals surface area contributed by atoms with Crippen LogP contribution < -0.4 is 0 Å². The molecule has 1 aliphatic carbocycles. The summed E-state index contributed by atoms with van der Waals surface area (Å²) >= 11 is 0. The summed E-state index contributed by atoms with van der Waals surface area (Å²) in [6.07, 6.45) is 11.1. The quantitative estimate of drug-likeness (QED) is 0.151. The van der Waals surface area contributed by atoms with E-state index in [1.165, 1.54) is 12.7 Å². The van der Waals surface area contributed by atoms with Crippen molar-refractivity contribution < 1.29 is 33.3 Å². The largest absolute Gasteiger partial charge is 0.469 e. The first-order valence-corrected chi connectivity index (χ1v) is 13.0. The molecule has 3 rings (SSSR count). The molecular weight excluding hydrogens is 436 g/mol. The van der Waals surface area contributed by atoms with E-state index in [1.54, 1.807) is 7.11 Å². The molecular formula is C27H44O7. The van der Waals surface area contributed by atoms with Crippen molar-refractivity contribution in [2.75, 3.05) is 20.8 Å². The van der Waals surface area contributed by atoms with Crippen LogP contribution in [0.25, 0.3) is 0 Å². The van der Waals surface area contributed by atoms with E-state index in [-0.39, 0.29) is 47.4 Å². The standard InChI is InChI=1S/C27H44O7/c1-19(2)14-15-21-26(3,34-21)25-24(31-5)20(16-17-27(25)18-32-27)33-23(29)13-11-9-7-6-8-10-12-22(28)30-4/h14,20-21,24-25H,6-13,15-18H2,1-5H3/t20-,21-,24-,25?,26+,27+/m1/s1. The minimum Gasteiger partial charge on any atom is -0.469 e. The topological polar surface area (TPSA) is 86.9 Å². The number of epoxide rings is 2. The first-order valence-electron chi connectivity index (χ1n) is 13.0. The van der Waals surface area contributed by atoms with Crippen LogP contribution >= 0.6 is 0 Å². The second-order valence-electron chi connectivity index (χ2n) is 10.6. The van der Waals surface area contributed by atoms with Crippen LogP contribution in [0.1, 0.15) is 91.4 Å². The second kappa shape index (κ2) is 12.0. The van der Waals surface area contributed by atoms with E-state index in [4.69, 9.17) is 18.9 Å². The van der Waals surface area contributed by atoms with E-state index in [0.29, 0.717) is 12.8 Å². The molecule has 0 aromatic heterocycles. The summed E-state index contributed by atoms with van der Waals surface area (Å²) in [6, 6.07) is 0. The van der Waals surface area contributed by atoms with Gasteiger partial charge in [-0.3, -0.25) is 9.59 Å². The van der Waals surface area contributed by atoms with E-state index < -0.39 is 0 Å². The normalized spacial score (nSPS) is 33.9. The number of carbonyl (C=O) groups is 2. The van der Waals surface area contributed by atoms with E-state index in [1.807, 2.05) is 0 Å². The molecule has 0 N–H and O–H groups in total. The Morgan fingerprint density at radius 3 is 2.18 bits per heavy atom. The summed E-state index contributed by atoms with van der Waals surface area (Å²) in [7, 11) is 3.13. The maximum Gasteiger partial charge on any atom is 0.306 e. The summed E-state index contributed by atoms with van der Waals surface area (Å²) in [6.45, 7) is 7.09. The molecule has 2 saturated heterocycles. The van der Waals surface area contributed by atoms with Crippen molar-refractivity contribution in [3.8, 4) is 0 Å². The number of unbranched alkanes of at least 4 members (excludes halogenated alkanes) is 5. The fourth-order valence-corrected chi connectivity index (χ4v) is 5.65. The predicted molar refractivity (Wildman–Crippen MR) is 128 cm³/mol. The van der Waals surface area contributed by atoms with Gasteiger partial charge < -0.3 is 23.7 Å². The monoisotopic (exact) mass is 480 g/mol. The Hall–Kier alpha value is -1.44. The summed E-state index contributed by atoms with van der Waals surface area (Å²) < 4.78 is 28.8. The second-order valence-corrected chi connectivity index (χ2v) is 10.6. The van der Waals surface area contributed by atoms with Crippen molar-refractivity contribution >= 4 is 11.9 Å². The zero-order valence-corrected chi connectivity index (χ0v) is 21.7.